The molecular weight excluding hydrogens is 304 g/mol. The van der Waals surface area contributed by atoms with Crippen LogP contribution in [0.1, 0.15) is 30.7 Å². The van der Waals surface area contributed by atoms with Crippen LogP contribution in [-0.4, -0.2) is 24.8 Å². The number of nitrogens with one attached hydrogen (secondary N) is 1. The summed E-state index contributed by atoms with van der Waals surface area (Å²) in [6.07, 6.45) is 3.87. The van der Waals surface area contributed by atoms with Gasteiger partial charge in [-0.05, 0) is 43.9 Å². The molecule has 8 heteroatoms. The van der Waals surface area contributed by atoms with E-state index in [2.05, 4.69) is 14.9 Å². The van der Waals surface area contributed by atoms with E-state index in [0.717, 1.165) is 31.1 Å². The summed E-state index contributed by atoms with van der Waals surface area (Å²) in [4.78, 5) is 4.36. The number of hydrogen-bond donors (Lipinski definition) is 2. The summed E-state index contributed by atoms with van der Waals surface area (Å²) in [5, 5.41) is 3.96. The molecule has 3 rings (SSSR count). The van der Waals surface area contributed by atoms with Gasteiger partial charge in [-0.2, -0.15) is 4.98 Å². The van der Waals surface area contributed by atoms with Crippen LogP contribution in [0, 0.1) is 6.92 Å². The Labute approximate surface area is 129 Å². The number of benzene rings is 1. The van der Waals surface area contributed by atoms with Crippen molar-refractivity contribution in [1.29, 1.82) is 0 Å². The average molecular weight is 322 g/mol. The van der Waals surface area contributed by atoms with Crippen molar-refractivity contribution in [2.45, 2.75) is 31.7 Å². The maximum absolute atomic E-state index is 11.4. The molecule has 118 valence electrons. The molecule has 1 saturated carbocycles. The summed E-state index contributed by atoms with van der Waals surface area (Å²) in [6, 6.07) is 5.29. The number of anilines is 1. The Morgan fingerprint density at radius 1 is 1.36 bits per heavy atom. The fraction of sp³-hybridized carbons (Fsp3) is 0.429. The predicted octanol–water partition coefficient (Wildman–Crippen LogP) is 1.75. The van der Waals surface area contributed by atoms with Crippen LogP contribution in [0.5, 0.6) is 0 Å². The molecule has 1 heterocycles. The quantitative estimate of drug-likeness (QED) is 0.887. The number of aryl methyl sites for hydroxylation is 1. The first kappa shape index (κ1) is 15.0. The zero-order valence-electron chi connectivity index (χ0n) is 12.5. The van der Waals surface area contributed by atoms with E-state index in [1.54, 1.807) is 12.1 Å². The molecule has 1 aromatic carbocycles. The molecule has 1 aliphatic carbocycles. The normalized spacial score (nSPS) is 17.0. The van der Waals surface area contributed by atoms with Crippen LogP contribution < -0.4 is 10.5 Å². The standard InChI is InChI=1S/C14H18N4O3S/c1-9-4-5-10(8-11(9)18-22(2,19)20)12-16-13(17-21-12)14(15)6-3-7-14/h4-5,8,18H,3,6-7,15H2,1-2H3. The number of nitrogens with zero attached hydrogens (tertiary/aromatic N) is 2. The van der Waals surface area contributed by atoms with Gasteiger partial charge in [-0.1, -0.05) is 11.2 Å². The molecule has 3 N–H and O–H groups in total. The fourth-order valence-corrected chi connectivity index (χ4v) is 3.01. The first-order valence-corrected chi connectivity index (χ1v) is 8.88. The van der Waals surface area contributed by atoms with Crippen molar-refractivity contribution in [3.63, 3.8) is 0 Å². The average Bonchev–Trinajstić information content (AvgIpc) is 2.87. The highest BCUT2D eigenvalue weighted by atomic mass is 32.2. The van der Waals surface area contributed by atoms with Crippen LogP contribution in [0.4, 0.5) is 5.69 Å². The molecule has 2 aromatic rings. The van der Waals surface area contributed by atoms with E-state index in [0.29, 0.717) is 23.0 Å². The highest BCUT2D eigenvalue weighted by molar-refractivity contribution is 7.92. The monoisotopic (exact) mass is 322 g/mol. The highest BCUT2D eigenvalue weighted by Crippen LogP contribution is 2.37. The lowest BCUT2D eigenvalue weighted by Crippen LogP contribution is -2.44. The van der Waals surface area contributed by atoms with E-state index in [-0.39, 0.29) is 0 Å². The van der Waals surface area contributed by atoms with Crippen molar-refractivity contribution in [2.75, 3.05) is 11.0 Å². The third-order valence-corrected chi connectivity index (χ3v) is 4.49. The Kier molecular flexibility index (Phi) is 3.45. The molecule has 0 radical (unpaired) electrons. The fourth-order valence-electron chi connectivity index (χ4n) is 2.39. The van der Waals surface area contributed by atoms with Gasteiger partial charge in [0.05, 0.1) is 17.5 Å². The molecule has 22 heavy (non-hydrogen) atoms. The second-order valence-corrected chi connectivity index (χ2v) is 7.59. The zero-order chi connectivity index (χ0) is 16.0. The van der Waals surface area contributed by atoms with Crippen LogP contribution in [-0.2, 0) is 15.6 Å². The maximum atomic E-state index is 11.4. The molecule has 0 unspecified atom stereocenters. The van der Waals surface area contributed by atoms with E-state index >= 15 is 0 Å². The van der Waals surface area contributed by atoms with Gasteiger partial charge >= 0.3 is 0 Å². The van der Waals surface area contributed by atoms with Gasteiger partial charge in [0.2, 0.25) is 10.0 Å². The van der Waals surface area contributed by atoms with Gasteiger partial charge in [-0.3, -0.25) is 4.72 Å². The lowest BCUT2D eigenvalue weighted by Gasteiger charge is -2.34. The van der Waals surface area contributed by atoms with Gasteiger partial charge in [0.25, 0.3) is 5.89 Å². The van der Waals surface area contributed by atoms with Gasteiger partial charge in [0.1, 0.15) is 0 Å². The molecule has 0 amide bonds. The van der Waals surface area contributed by atoms with Crippen LogP contribution in [0.15, 0.2) is 22.7 Å². The van der Waals surface area contributed by atoms with Gasteiger partial charge in [0.15, 0.2) is 5.82 Å². The number of rotatable bonds is 4. The van der Waals surface area contributed by atoms with Gasteiger partial charge in [0, 0.05) is 5.56 Å². The van der Waals surface area contributed by atoms with Crippen molar-refractivity contribution in [2.24, 2.45) is 5.73 Å². The molecule has 0 spiro atoms. The van der Waals surface area contributed by atoms with E-state index in [1.165, 1.54) is 0 Å². The summed E-state index contributed by atoms with van der Waals surface area (Å²) in [5.41, 5.74) is 7.64. The zero-order valence-corrected chi connectivity index (χ0v) is 13.3. The SMILES string of the molecule is Cc1ccc(-c2nc(C3(N)CCC3)no2)cc1NS(C)(=O)=O. The lowest BCUT2D eigenvalue weighted by molar-refractivity contribution is 0.229. The summed E-state index contributed by atoms with van der Waals surface area (Å²) in [5.74, 6) is 0.843. The Balaban J connectivity index is 1.94. The molecule has 1 fully saturated rings. The van der Waals surface area contributed by atoms with Crippen molar-refractivity contribution in [1.82, 2.24) is 10.1 Å². The summed E-state index contributed by atoms with van der Waals surface area (Å²) >= 11 is 0. The molecule has 0 atom stereocenters. The summed E-state index contributed by atoms with van der Waals surface area (Å²) in [6.45, 7) is 1.82. The highest BCUT2D eigenvalue weighted by Gasteiger charge is 2.39. The van der Waals surface area contributed by atoms with Gasteiger partial charge in [-0.25, -0.2) is 8.42 Å². The van der Waals surface area contributed by atoms with Crippen LogP contribution in [0.3, 0.4) is 0 Å². The summed E-state index contributed by atoms with van der Waals surface area (Å²) < 4.78 is 30.6. The van der Waals surface area contributed by atoms with E-state index in [4.69, 9.17) is 10.3 Å². The number of nitrogens with two attached hydrogens (primary N) is 1. The van der Waals surface area contributed by atoms with Crippen molar-refractivity contribution in [3.05, 3.63) is 29.6 Å². The third-order valence-electron chi connectivity index (χ3n) is 3.90. The molecule has 7 nitrogen and oxygen atoms in total. The number of aromatic nitrogens is 2. The Bertz CT molecular complexity index is 809. The number of hydrogen-bond acceptors (Lipinski definition) is 6. The lowest BCUT2D eigenvalue weighted by atomic mass is 9.77. The number of sulfonamides is 1. The Morgan fingerprint density at radius 2 is 2.09 bits per heavy atom. The van der Waals surface area contributed by atoms with Crippen molar-refractivity contribution < 1.29 is 12.9 Å². The minimum atomic E-state index is -3.35. The third kappa shape index (κ3) is 2.84. The molecule has 0 aliphatic heterocycles. The maximum Gasteiger partial charge on any atom is 0.258 e. The van der Waals surface area contributed by atoms with Crippen molar-refractivity contribution >= 4 is 15.7 Å². The van der Waals surface area contributed by atoms with Crippen LogP contribution in [0.25, 0.3) is 11.5 Å². The Morgan fingerprint density at radius 3 is 2.68 bits per heavy atom. The van der Waals surface area contributed by atoms with Crippen molar-refractivity contribution in [3.8, 4) is 11.5 Å². The van der Waals surface area contributed by atoms with Crippen LogP contribution >= 0.6 is 0 Å². The summed E-state index contributed by atoms with van der Waals surface area (Å²) in [7, 11) is -3.35. The molecular formula is C14H18N4O3S. The molecule has 1 aromatic heterocycles. The first-order valence-electron chi connectivity index (χ1n) is 6.99. The van der Waals surface area contributed by atoms with E-state index in [1.807, 2.05) is 13.0 Å². The van der Waals surface area contributed by atoms with Crippen LogP contribution in [0.2, 0.25) is 0 Å². The molecule has 0 bridgehead atoms. The van der Waals surface area contributed by atoms with E-state index < -0.39 is 15.6 Å². The minimum Gasteiger partial charge on any atom is -0.334 e. The largest absolute Gasteiger partial charge is 0.334 e. The van der Waals surface area contributed by atoms with Gasteiger partial charge in [-0.15, -0.1) is 0 Å². The molecule has 1 aliphatic rings. The second kappa shape index (κ2) is 5.06. The first-order chi connectivity index (χ1) is 10.3. The second-order valence-electron chi connectivity index (χ2n) is 5.84. The van der Waals surface area contributed by atoms with E-state index in [9.17, 15) is 8.42 Å². The Hall–Kier alpha value is -1.93. The smallest absolute Gasteiger partial charge is 0.258 e. The van der Waals surface area contributed by atoms with Gasteiger partial charge < -0.3 is 10.3 Å². The predicted molar refractivity (Wildman–Crippen MR) is 82.7 cm³/mol. The molecule has 0 saturated heterocycles. The topological polar surface area (TPSA) is 111 Å². The minimum absolute atomic E-state index is 0.336.